The van der Waals surface area contributed by atoms with Crippen molar-refractivity contribution in [2.75, 3.05) is 40.0 Å². The molecule has 0 bridgehead atoms. The summed E-state index contributed by atoms with van der Waals surface area (Å²) in [5.41, 5.74) is 2.16. The van der Waals surface area contributed by atoms with Gasteiger partial charge in [0.05, 0.1) is 13.2 Å². The van der Waals surface area contributed by atoms with Crippen LogP contribution in [-0.4, -0.2) is 62.8 Å². The molecule has 0 radical (unpaired) electrons. The Labute approximate surface area is 181 Å². The van der Waals surface area contributed by atoms with Crippen LogP contribution in [0, 0.1) is 6.92 Å². The fourth-order valence-electron chi connectivity index (χ4n) is 3.57. The van der Waals surface area contributed by atoms with E-state index in [1.54, 1.807) is 7.11 Å². The quantitative estimate of drug-likeness (QED) is 0.347. The van der Waals surface area contributed by atoms with Crippen molar-refractivity contribution >= 4 is 11.9 Å². The maximum absolute atomic E-state index is 12.5. The number of methoxy groups -OCH3 is 1. The van der Waals surface area contributed by atoms with Crippen molar-refractivity contribution in [3.63, 3.8) is 0 Å². The van der Waals surface area contributed by atoms with E-state index in [2.05, 4.69) is 28.6 Å². The summed E-state index contributed by atoms with van der Waals surface area (Å²) in [7, 11) is 1.66. The second kappa shape index (κ2) is 13.1. The number of hydrogen-bond acceptors (Lipinski definition) is 4. The highest BCUT2D eigenvalue weighted by Gasteiger charge is 2.22. The predicted octanol–water partition coefficient (Wildman–Crippen LogP) is 2.87. The van der Waals surface area contributed by atoms with Crippen LogP contribution in [0.25, 0.3) is 0 Å². The summed E-state index contributed by atoms with van der Waals surface area (Å²) in [6, 6.07) is 6.49. The first kappa shape index (κ1) is 24.0. The van der Waals surface area contributed by atoms with Crippen molar-refractivity contribution in [2.24, 2.45) is 4.99 Å². The van der Waals surface area contributed by atoms with Crippen molar-refractivity contribution in [1.29, 1.82) is 0 Å². The maximum Gasteiger partial charge on any atom is 0.224 e. The normalized spacial score (nSPS) is 17.0. The van der Waals surface area contributed by atoms with Gasteiger partial charge in [-0.15, -0.1) is 0 Å². The van der Waals surface area contributed by atoms with Gasteiger partial charge >= 0.3 is 0 Å². The molecule has 1 aromatic rings. The van der Waals surface area contributed by atoms with E-state index in [0.29, 0.717) is 44.7 Å². The third-order valence-electron chi connectivity index (χ3n) is 5.27. The number of carbonyl (C=O) groups is 1. The third kappa shape index (κ3) is 7.86. The monoisotopic (exact) mass is 418 g/mol. The first-order valence-electron chi connectivity index (χ1n) is 11.1. The molecule has 1 amide bonds. The highest BCUT2D eigenvalue weighted by atomic mass is 16.5. The fraction of sp³-hybridized carbons (Fsp3) is 0.652. The lowest BCUT2D eigenvalue weighted by Gasteiger charge is -2.33. The summed E-state index contributed by atoms with van der Waals surface area (Å²) < 4.78 is 10.9. The Balaban J connectivity index is 1.91. The lowest BCUT2D eigenvalue weighted by Crippen LogP contribution is -2.44. The Kier molecular flexibility index (Phi) is 10.5. The molecule has 168 valence electrons. The number of aliphatic imine (C=N–C) groups is 1. The number of hydrogen-bond donors (Lipinski definition) is 2. The van der Waals surface area contributed by atoms with E-state index in [4.69, 9.17) is 9.47 Å². The Morgan fingerprint density at radius 1 is 1.27 bits per heavy atom. The van der Waals surface area contributed by atoms with Gasteiger partial charge in [0.2, 0.25) is 5.91 Å². The molecule has 1 fully saturated rings. The summed E-state index contributed by atoms with van der Waals surface area (Å²) in [6.07, 6.45) is 3.91. The molecule has 1 saturated heterocycles. The number of nitrogens with one attached hydrogen (secondary N) is 2. The second-order valence-corrected chi connectivity index (χ2v) is 7.76. The number of amides is 1. The molecule has 30 heavy (non-hydrogen) atoms. The van der Waals surface area contributed by atoms with E-state index in [9.17, 15) is 4.79 Å². The number of rotatable bonds is 10. The zero-order valence-corrected chi connectivity index (χ0v) is 19.0. The number of piperidine rings is 1. The van der Waals surface area contributed by atoms with Crippen LogP contribution in [0.1, 0.15) is 50.7 Å². The highest BCUT2D eigenvalue weighted by molar-refractivity contribution is 5.81. The Morgan fingerprint density at radius 2 is 2.10 bits per heavy atom. The zero-order chi connectivity index (χ0) is 21.8. The molecular weight excluding hydrogens is 380 g/mol. The maximum atomic E-state index is 12.5. The zero-order valence-electron chi connectivity index (χ0n) is 19.0. The average molecular weight is 419 g/mol. The summed E-state index contributed by atoms with van der Waals surface area (Å²) >= 11 is 0. The largest absolute Gasteiger partial charge is 0.491 e. The molecule has 0 saturated carbocycles. The fourth-order valence-corrected chi connectivity index (χ4v) is 3.57. The van der Waals surface area contributed by atoms with Gasteiger partial charge in [0.1, 0.15) is 12.4 Å². The molecule has 0 aromatic heterocycles. The number of ether oxygens (including phenoxy) is 2. The molecular formula is C23H38N4O3. The molecule has 1 aromatic carbocycles. The van der Waals surface area contributed by atoms with Gasteiger partial charge in [0, 0.05) is 44.8 Å². The summed E-state index contributed by atoms with van der Waals surface area (Å²) in [5.74, 6) is 1.76. The number of aryl methyl sites for hydroxylation is 1. The number of carbonyl (C=O) groups excluding carboxylic acids is 1. The lowest BCUT2D eigenvalue weighted by molar-refractivity contribution is -0.134. The number of nitrogens with zero attached hydrogens (tertiary/aromatic N) is 2. The van der Waals surface area contributed by atoms with Gasteiger partial charge in [0.15, 0.2) is 5.96 Å². The first-order valence-corrected chi connectivity index (χ1v) is 11.1. The Hall–Kier alpha value is -2.28. The van der Waals surface area contributed by atoms with Gasteiger partial charge in [-0.2, -0.15) is 0 Å². The van der Waals surface area contributed by atoms with Crippen molar-refractivity contribution in [1.82, 2.24) is 15.5 Å². The molecule has 1 unspecified atom stereocenters. The van der Waals surface area contributed by atoms with Crippen LogP contribution in [-0.2, 0) is 16.1 Å². The Bertz CT molecular complexity index is 693. The van der Waals surface area contributed by atoms with Gasteiger partial charge in [-0.3, -0.25) is 4.79 Å². The lowest BCUT2D eigenvalue weighted by atomic mass is 10.0. The van der Waals surface area contributed by atoms with E-state index < -0.39 is 0 Å². The van der Waals surface area contributed by atoms with Crippen LogP contribution < -0.4 is 15.4 Å². The molecule has 1 aliphatic rings. The van der Waals surface area contributed by atoms with Crippen LogP contribution in [0.2, 0.25) is 0 Å². The van der Waals surface area contributed by atoms with E-state index in [1.165, 1.54) is 6.42 Å². The summed E-state index contributed by atoms with van der Waals surface area (Å²) in [6.45, 7) is 9.97. The summed E-state index contributed by atoms with van der Waals surface area (Å²) in [4.78, 5) is 19.2. The highest BCUT2D eigenvalue weighted by Crippen LogP contribution is 2.21. The molecule has 1 aliphatic heterocycles. The van der Waals surface area contributed by atoms with Crippen LogP contribution in [0.4, 0.5) is 0 Å². The van der Waals surface area contributed by atoms with Gasteiger partial charge in [-0.25, -0.2) is 4.99 Å². The van der Waals surface area contributed by atoms with Crippen molar-refractivity contribution in [3.8, 4) is 5.75 Å². The molecule has 0 spiro atoms. The SMILES string of the molecule is CCNC(=NCc1ccc(C)cc1OCCOC)NCCC(=O)N1CCCCC1C. The molecule has 7 nitrogen and oxygen atoms in total. The smallest absolute Gasteiger partial charge is 0.224 e. The van der Waals surface area contributed by atoms with Crippen LogP contribution in [0.15, 0.2) is 23.2 Å². The minimum atomic E-state index is 0.220. The average Bonchev–Trinajstić information content (AvgIpc) is 2.73. The molecule has 2 N–H and O–H groups in total. The van der Waals surface area contributed by atoms with E-state index in [-0.39, 0.29) is 5.91 Å². The van der Waals surface area contributed by atoms with Crippen molar-refractivity contribution in [2.45, 2.75) is 59.0 Å². The van der Waals surface area contributed by atoms with Crippen LogP contribution in [0.5, 0.6) is 5.75 Å². The molecule has 2 rings (SSSR count). The van der Waals surface area contributed by atoms with E-state index >= 15 is 0 Å². The van der Waals surface area contributed by atoms with E-state index in [1.807, 2.05) is 30.9 Å². The predicted molar refractivity (Wildman–Crippen MR) is 121 cm³/mol. The van der Waals surface area contributed by atoms with Gasteiger partial charge in [-0.05, 0) is 51.7 Å². The molecule has 1 atom stereocenters. The van der Waals surface area contributed by atoms with Gasteiger partial charge in [-0.1, -0.05) is 12.1 Å². The van der Waals surface area contributed by atoms with Crippen LogP contribution >= 0.6 is 0 Å². The minimum Gasteiger partial charge on any atom is -0.491 e. The second-order valence-electron chi connectivity index (χ2n) is 7.76. The van der Waals surface area contributed by atoms with Crippen molar-refractivity contribution in [3.05, 3.63) is 29.3 Å². The standard InChI is InChI=1S/C23H38N4O3/c1-5-24-23(25-12-11-22(28)27-13-7-6-8-19(27)3)26-17-20-10-9-18(2)16-21(20)30-15-14-29-4/h9-10,16,19H,5-8,11-15,17H2,1-4H3,(H2,24,25,26). The van der Waals surface area contributed by atoms with E-state index in [0.717, 1.165) is 42.8 Å². The number of benzene rings is 1. The molecule has 0 aliphatic carbocycles. The number of likely N-dealkylation sites (tertiary alicyclic amines) is 1. The molecule has 1 heterocycles. The number of guanidine groups is 1. The Morgan fingerprint density at radius 3 is 2.83 bits per heavy atom. The minimum absolute atomic E-state index is 0.220. The first-order chi connectivity index (χ1) is 14.5. The van der Waals surface area contributed by atoms with Gasteiger partial charge in [0.25, 0.3) is 0 Å². The van der Waals surface area contributed by atoms with Gasteiger partial charge < -0.3 is 25.0 Å². The van der Waals surface area contributed by atoms with Crippen molar-refractivity contribution < 1.29 is 14.3 Å². The summed E-state index contributed by atoms with van der Waals surface area (Å²) in [5, 5.41) is 6.54. The third-order valence-corrected chi connectivity index (χ3v) is 5.27. The molecule has 7 heteroatoms. The topological polar surface area (TPSA) is 75.2 Å². The van der Waals surface area contributed by atoms with Crippen LogP contribution in [0.3, 0.4) is 0 Å².